The Balaban J connectivity index is 2.03. The Morgan fingerprint density at radius 2 is 2.47 bits per heavy atom. The van der Waals surface area contributed by atoms with Crippen molar-refractivity contribution in [2.75, 3.05) is 0 Å². The predicted octanol–water partition coefficient (Wildman–Crippen LogP) is 0.928. The molecular formula is C8H9N5O2S2. The lowest BCUT2D eigenvalue weighted by molar-refractivity contribution is -0.136. The minimum absolute atomic E-state index is 0.0634. The summed E-state index contributed by atoms with van der Waals surface area (Å²) in [5.41, 5.74) is 0.549. The summed E-state index contributed by atoms with van der Waals surface area (Å²) < 4.78 is 0.719. The summed E-state index contributed by atoms with van der Waals surface area (Å²) in [5, 5.41) is 22.6. The van der Waals surface area contributed by atoms with Crippen molar-refractivity contribution in [2.45, 2.75) is 29.4 Å². The van der Waals surface area contributed by atoms with Gasteiger partial charge in [-0.15, -0.1) is 21.5 Å². The van der Waals surface area contributed by atoms with Crippen LogP contribution in [0.2, 0.25) is 0 Å². The quantitative estimate of drug-likeness (QED) is 0.864. The highest BCUT2D eigenvalue weighted by Gasteiger charge is 2.10. The second-order valence-electron chi connectivity index (χ2n) is 3.04. The summed E-state index contributed by atoms with van der Waals surface area (Å²) in [6, 6.07) is 0. The third kappa shape index (κ3) is 3.24. The van der Waals surface area contributed by atoms with E-state index in [1.807, 2.05) is 6.92 Å². The average molecular weight is 271 g/mol. The molecule has 0 spiro atoms. The Labute approximate surface area is 105 Å². The second-order valence-corrected chi connectivity index (χ2v) is 5.11. The third-order valence-corrected chi connectivity index (χ3v) is 3.59. The fourth-order valence-corrected chi connectivity index (χ4v) is 2.69. The SMILES string of the molecule is CCn1nnc(Sc2nc(CC(=O)O)cs2)n1. The van der Waals surface area contributed by atoms with Crippen LogP contribution in [0.25, 0.3) is 0 Å². The summed E-state index contributed by atoms with van der Waals surface area (Å²) in [5.74, 6) is -0.887. The van der Waals surface area contributed by atoms with Crippen LogP contribution in [0.15, 0.2) is 14.9 Å². The zero-order valence-corrected chi connectivity index (χ0v) is 10.5. The van der Waals surface area contributed by atoms with Crippen LogP contribution in [0.4, 0.5) is 0 Å². The molecule has 0 aliphatic carbocycles. The van der Waals surface area contributed by atoms with E-state index in [2.05, 4.69) is 20.4 Å². The van der Waals surface area contributed by atoms with Gasteiger partial charge in [0, 0.05) is 5.38 Å². The third-order valence-electron chi connectivity index (χ3n) is 1.76. The molecule has 0 atom stereocenters. The normalized spacial score (nSPS) is 10.6. The van der Waals surface area contributed by atoms with Crippen LogP contribution in [-0.4, -0.2) is 36.3 Å². The molecule has 0 saturated heterocycles. The number of thiazole rings is 1. The van der Waals surface area contributed by atoms with Crippen molar-refractivity contribution < 1.29 is 9.90 Å². The number of carbonyl (C=O) groups is 1. The zero-order chi connectivity index (χ0) is 12.3. The highest BCUT2D eigenvalue weighted by atomic mass is 32.2. The van der Waals surface area contributed by atoms with Gasteiger partial charge >= 0.3 is 5.97 Å². The summed E-state index contributed by atoms with van der Waals surface area (Å²) in [4.78, 5) is 16.1. The molecule has 2 heterocycles. The van der Waals surface area contributed by atoms with Gasteiger partial charge in [0.25, 0.3) is 0 Å². The Bertz CT molecular complexity index is 523. The van der Waals surface area contributed by atoms with Gasteiger partial charge in [0.1, 0.15) is 0 Å². The molecule has 9 heteroatoms. The van der Waals surface area contributed by atoms with E-state index < -0.39 is 5.97 Å². The molecule has 0 aromatic carbocycles. The lowest BCUT2D eigenvalue weighted by Crippen LogP contribution is -1.99. The topological polar surface area (TPSA) is 93.8 Å². The fourth-order valence-electron chi connectivity index (χ4n) is 1.05. The van der Waals surface area contributed by atoms with Crippen molar-refractivity contribution in [3.05, 3.63) is 11.1 Å². The first kappa shape index (κ1) is 12.0. The van der Waals surface area contributed by atoms with E-state index in [1.54, 1.807) is 5.38 Å². The van der Waals surface area contributed by atoms with Crippen LogP contribution in [-0.2, 0) is 17.8 Å². The van der Waals surface area contributed by atoms with Crippen LogP contribution in [0, 0.1) is 0 Å². The predicted molar refractivity (Wildman–Crippen MR) is 61.1 cm³/mol. The molecule has 2 aromatic rings. The van der Waals surface area contributed by atoms with Gasteiger partial charge in [-0.25, -0.2) is 4.98 Å². The highest BCUT2D eigenvalue weighted by molar-refractivity contribution is 8.00. The number of hydrogen-bond donors (Lipinski definition) is 1. The first-order valence-electron chi connectivity index (χ1n) is 4.79. The zero-order valence-electron chi connectivity index (χ0n) is 8.90. The van der Waals surface area contributed by atoms with Gasteiger partial charge in [0.15, 0.2) is 4.34 Å². The van der Waals surface area contributed by atoms with Crippen molar-refractivity contribution in [3.8, 4) is 0 Å². The molecule has 17 heavy (non-hydrogen) atoms. The molecule has 90 valence electrons. The lowest BCUT2D eigenvalue weighted by Gasteiger charge is -1.89. The molecule has 0 saturated carbocycles. The standard InChI is InChI=1S/C8H9N5O2S2/c1-2-13-11-7(10-12-13)17-8-9-5(4-16-8)3-6(14)15/h4H,2-3H2,1H3,(H,14,15). The Kier molecular flexibility index (Phi) is 3.69. The molecule has 0 aliphatic rings. The van der Waals surface area contributed by atoms with Gasteiger partial charge in [-0.1, -0.05) is 0 Å². The smallest absolute Gasteiger partial charge is 0.309 e. The molecule has 2 rings (SSSR count). The molecule has 0 fully saturated rings. The van der Waals surface area contributed by atoms with Crippen LogP contribution in [0.1, 0.15) is 12.6 Å². The number of rotatable bonds is 5. The average Bonchev–Trinajstić information content (AvgIpc) is 2.88. The number of hydrogen-bond acceptors (Lipinski definition) is 7. The Morgan fingerprint density at radius 3 is 3.12 bits per heavy atom. The molecule has 2 aromatic heterocycles. The van der Waals surface area contributed by atoms with Crippen LogP contribution < -0.4 is 0 Å². The van der Waals surface area contributed by atoms with Crippen molar-refractivity contribution in [2.24, 2.45) is 0 Å². The van der Waals surface area contributed by atoms with Gasteiger partial charge in [0.05, 0.1) is 18.7 Å². The van der Waals surface area contributed by atoms with Crippen LogP contribution in [0.5, 0.6) is 0 Å². The summed E-state index contributed by atoms with van der Waals surface area (Å²) in [6.07, 6.45) is -0.0634. The first-order chi connectivity index (χ1) is 8.17. The number of tetrazole rings is 1. The van der Waals surface area contributed by atoms with Gasteiger partial charge in [-0.05, 0) is 23.9 Å². The van der Waals surface area contributed by atoms with E-state index in [0.29, 0.717) is 17.4 Å². The van der Waals surface area contributed by atoms with Crippen molar-refractivity contribution in [1.82, 2.24) is 25.2 Å². The van der Waals surface area contributed by atoms with E-state index in [1.165, 1.54) is 27.9 Å². The lowest BCUT2D eigenvalue weighted by atomic mass is 10.3. The van der Waals surface area contributed by atoms with Gasteiger partial charge < -0.3 is 5.11 Å². The molecule has 0 unspecified atom stereocenters. The summed E-state index contributed by atoms with van der Waals surface area (Å²) in [6.45, 7) is 2.58. The molecule has 0 aliphatic heterocycles. The maximum absolute atomic E-state index is 10.5. The summed E-state index contributed by atoms with van der Waals surface area (Å²) >= 11 is 2.66. The largest absolute Gasteiger partial charge is 0.481 e. The maximum atomic E-state index is 10.5. The maximum Gasteiger partial charge on any atom is 0.309 e. The number of aliphatic carboxylic acids is 1. The number of carboxylic acid groups (broad SMARTS) is 1. The van der Waals surface area contributed by atoms with Crippen molar-refractivity contribution in [1.29, 1.82) is 0 Å². The minimum Gasteiger partial charge on any atom is -0.481 e. The molecular weight excluding hydrogens is 262 g/mol. The molecule has 0 amide bonds. The van der Waals surface area contributed by atoms with E-state index in [-0.39, 0.29) is 6.42 Å². The van der Waals surface area contributed by atoms with E-state index >= 15 is 0 Å². The molecule has 1 N–H and O–H groups in total. The van der Waals surface area contributed by atoms with E-state index in [0.717, 1.165) is 4.34 Å². The van der Waals surface area contributed by atoms with Gasteiger partial charge in [-0.2, -0.15) is 4.80 Å². The van der Waals surface area contributed by atoms with Crippen LogP contribution in [0.3, 0.4) is 0 Å². The minimum atomic E-state index is -0.887. The van der Waals surface area contributed by atoms with E-state index in [4.69, 9.17) is 5.11 Å². The molecule has 0 bridgehead atoms. The van der Waals surface area contributed by atoms with Crippen molar-refractivity contribution in [3.63, 3.8) is 0 Å². The highest BCUT2D eigenvalue weighted by Crippen LogP contribution is 2.27. The number of carboxylic acids is 1. The van der Waals surface area contributed by atoms with E-state index in [9.17, 15) is 4.79 Å². The number of aryl methyl sites for hydroxylation is 1. The number of nitrogens with zero attached hydrogens (tertiary/aromatic N) is 5. The molecule has 0 radical (unpaired) electrons. The Morgan fingerprint density at radius 1 is 1.65 bits per heavy atom. The van der Waals surface area contributed by atoms with Crippen molar-refractivity contribution >= 4 is 29.1 Å². The fraction of sp³-hybridized carbons (Fsp3) is 0.375. The van der Waals surface area contributed by atoms with Crippen LogP contribution >= 0.6 is 23.1 Å². The molecule has 7 nitrogen and oxygen atoms in total. The second kappa shape index (κ2) is 5.23. The van der Waals surface area contributed by atoms with Gasteiger partial charge in [-0.3, -0.25) is 4.79 Å². The number of aromatic nitrogens is 5. The Hall–Kier alpha value is -1.48. The monoisotopic (exact) mass is 271 g/mol. The van der Waals surface area contributed by atoms with Gasteiger partial charge in [0.2, 0.25) is 5.16 Å². The summed E-state index contributed by atoms with van der Waals surface area (Å²) in [7, 11) is 0. The first-order valence-corrected chi connectivity index (χ1v) is 6.49.